The quantitative estimate of drug-likeness (QED) is 0.730. The zero-order chi connectivity index (χ0) is 15.2. The third-order valence-electron chi connectivity index (χ3n) is 4.54. The van der Waals surface area contributed by atoms with Gasteiger partial charge in [-0.25, -0.2) is 0 Å². The van der Waals surface area contributed by atoms with Gasteiger partial charge in [0.1, 0.15) is 17.7 Å². The summed E-state index contributed by atoms with van der Waals surface area (Å²) in [6.45, 7) is 3.32. The van der Waals surface area contributed by atoms with Gasteiger partial charge in [-0.05, 0) is 55.2 Å². The minimum atomic E-state index is 0.279. The van der Waals surface area contributed by atoms with Gasteiger partial charge in [0.15, 0.2) is 0 Å². The molecule has 0 aromatic carbocycles. The van der Waals surface area contributed by atoms with Crippen LogP contribution in [-0.4, -0.2) is 18.5 Å². The summed E-state index contributed by atoms with van der Waals surface area (Å²) < 4.78 is 0. The zero-order valence-corrected chi connectivity index (χ0v) is 13.0. The number of nitrogens with zero attached hydrogens (tertiary/aromatic N) is 3. The van der Waals surface area contributed by atoms with Gasteiger partial charge in [-0.3, -0.25) is 0 Å². The molecule has 0 radical (unpaired) electrons. The molecule has 21 heavy (non-hydrogen) atoms. The van der Waals surface area contributed by atoms with Crippen LogP contribution in [0.25, 0.3) is 0 Å². The minimum Gasteiger partial charge on any atom is -0.378 e. The molecule has 0 amide bonds. The van der Waals surface area contributed by atoms with Gasteiger partial charge in [0.2, 0.25) is 0 Å². The van der Waals surface area contributed by atoms with Crippen LogP contribution in [0.5, 0.6) is 0 Å². The molecule has 0 spiro atoms. The van der Waals surface area contributed by atoms with Crippen LogP contribution in [0.1, 0.15) is 45.4 Å². The maximum Gasteiger partial charge on any atom is 0.132 e. The summed E-state index contributed by atoms with van der Waals surface area (Å²) in [4.78, 5) is 2.36. The van der Waals surface area contributed by atoms with Crippen molar-refractivity contribution in [2.75, 3.05) is 13.6 Å². The van der Waals surface area contributed by atoms with Crippen molar-refractivity contribution in [3.63, 3.8) is 0 Å². The maximum atomic E-state index is 9.03. The van der Waals surface area contributed by atoms with E-state index in [1.54, 1.807) is 0 Å². The Morgan fingerprint density at radius 1 is 1.24 bits per heavy atom. The highest BCUT2D eigenvalue weighted by Gasteiger charge is 2.25. The molecule has 0 fully saturated rings. The van der Waals surface area contributed by atoms with Crippen LogP contribution >= 0.6 is 0 Å². The molecule has 0 N–H and O–H groups in total. The van der Waals surface area contributed by atoms with E-state index in [-0.39, 0.29) is 5.57 Å². The van der Waals surface area contributed by atoms with Crippen LogP contribution in [-0.2, 0) is 0 Å². The van der Waals surface area contributed by atoms with Gasteiger partial charge in [-0.1, -0.05) is 19.4 Å². The lowest BCUT2D eigenvalue weighted by Crippen LogP contribution is -2.24. The van der Waals surface area contributed by atoms with E-state index >= 15 is 0 Å². The van der Waals surface area contributed by atoms with Gasteiger partial charge in [0.05, 0.1) is 0 Å². The summed E-state index contributed by atoms with van der Waals surface area (Å²) in [6, 6.07) is 4.04. The summed E-state index contributed by atoms with van der Waals surface area (Å²) in [5.41, 5.74) is 3.90. The van der Waals surface area contributed by atoms with Crippen LogP contribution in [0.3, 0.4) is 0 Å². The molecule has 2 aliphatic carbocycles. The van der Waals surface area contributed by atoms with Crippen LogP contribution in [0, 0.1) is 28.6 Å². The predicted molar refractivity (Wildman–Crippen MR) is 83.9 cm³/mol. The number of hydrogen-bond acceptors (Lipinski definition) is 3. The van der Waals surface area contributed by atoms with E-state index in [1.807, 2.05) is 12.1 Å². The molecular weight excluding hydrogens is 258 g/mol. The van der Waals surface area contributed by atoms with Gasteiger partial charge in [0, 0.05) is 19.3 Å². The zero-order valence-electron chi connectivity index (χ0n) is 13.0. The monoisotopic (exact) mass is 281 g/mol. The van der Waals surface area contributed by atoms with Gasteiger partial charge < -0.3 is 4.90 Å². The number of fused-ring (bicyclic) bond motifs is 1. The van der Waals surface area contributed by atoms with E-state index in [0.29, 0.717) is 5.92 Å². The maximum absolute atomic E-state index is 9.03. The third kappa shape index (κ3) is 3.56. The van der Waals surface area contributed by atoms with Crippen LogP contribution in [0.2, 0.25) is 0 Å². The molecule has 1 atom stereocenters. The molecule has 110 valence electrons. The lowest BCUT2D eigenvalue weighted by Gasteiger charge is -2.32. The van der Waals surface area contributed by atoms with Gasteiger partial charge in [-0.15, -0.1) is 0 Å². The van der Waals surface area contributed by atoms with E-state index in [2.05, 4.69) is 31.0 Å². The average Bonchev–Trinajstić information content (AvgIpc) is 2.53. The Bertz CT molecular complexity index is 550. The van der Waals surface area contributed by atoms with E-state index in [9.17, 15) is 0 Å². The van der Waals surface area contributed by atoms with E-state index in [0.717, 1.165) is 31.4 Å². The molecule has 2 aliphatic rings. The van der Waals surface area contributed by atoms with Gasteiger partial charge in [0.25, 0.3) is 0 Å². The molecule has 0 aliphatic heterocycles. The first-order valence-corrected chi connectivity index (χ1v) is 7.86. The second kappa shape index (κ2) is 7.14. The third-order valence-corrected chi connectivity index (χ3v) is 4.54. The lowest BCUT2D eigenvalue weighted by atomic mass is 9.78. The van der Waals surface area contributed by atoms with Crippen molar-refractivity contribution in [2.24, 2.45) is 5.92 Å². The van der Waals surface area contributed by atoms with Crippen molar-refractivity contribution in [3.8, 4) is 12.1 Å². The fraction of sp³-hybridized carbons (Fsp3) is 0.556. The SMILES string of the molecule is CCCCN(C)C1=CC2=CC(=C(C#N)C#N)CC[C@@H]2CC1. The van der Waals surface area contributed by atoms with Crippen LogP contribution in [0.4, 0.5) is 0 Å². The van der Waals surface area contributed by atoms with Crippen molar-refractivity contribution < 1.29 is 0 Å². The Morgan fingerprint density at radius 2 is 1.95 bits per heavy atom. The molecule has 2 rings (SSSR count). The molecule has 3 nitrogen and oxygen atoms in total. The fourth-order valence-corrected chi connectivity index (χ4v) is 3.15. The number of rotatable bonds is 4. The summed E-state index contributed by atoms with van der Waals surface area (Å²) in [7, 11) is 2.16. The summed E-state index contributed by atoms with van der Waals surface area (Å²) in [6.07, 6.45) is 11.1. The first-order valence-electron chi connectivity index (χ1n) is 7.86. The first kappa shape index (κ1) is 15.4. The molecule has 3 heteroatoms. The highest BCUT2D eigenvalue weighted by molar-refractivity contribution is 5.49. The Hall–Kier alpha value is -2.00. The van der Waals surface area contributed by atoms with Crippen molar-refractivity contribution in [1.82, 2.24) is 4.90 Å². The minimum absolute atomic E-state index is 0.279. The molecule has 0 saturated heterocycles. The van der Waals surface area contributed by atoms with Gasteiger partial charge >= 0.3 is 0 Å². The molecular formula is C18H23N3. The number of allylic oxidation sites excluding steroid dienone is 6. The average molecular weight is 281 g/mol. The predicted octanol–water partition coefficient (Wildman–Crippen LogP) is 4.08. The molecule has 0 saturated carbocycles. The Labute approximate surface area is 127 Å². The van der Waals surface area contributed by atoms with Crippen molar-refractivity contribution in [3.05, 3.63) is 34.6 Å². The first-order chi connectivity index (χ1) is 10.2. The largest absolute Gasteiger partial charge is 0.378 e. The smallest absolute Gasteiger partial charge is 0.132 e. The standard InChI is InChI=1S/C18H23N3/c1-3-4-9-21(2)18-8-7-14-5-6-15(10-16(14)11-18)17(12-19)13-20/h10-11,14H,3-9H2,1-2H3/t14-/m1/s1. The van der Waals surface area contributed by atoms with Gasteiger partial charge in [-0.2, -0.15) is 10.5 Å². The summed E-state index contributed by atoms with van der Waals surface area (Å²) >= 11 is 0. The Kier molecular flexibility index (Phi) is 5.23. The second-order valence-electron chi connectivity index (χ2n) is 5.95. The molecule has 0 aromatic heterocycles. The van der Waals surface area contributed by atoms with E-state index in [4.69, 9.17) is 10.5 Å². The fourth-order valence-electron chi connectivity index (χ4n) is 3.15. The summed E-state index contributed by atoms with van der Waals surface area (Å²) in [5, 5.41) is 18.1. The number of unbranched alkanes of at least 4 members (excludes halogenated alkanes) is 1. The summed E-state index contributed by atoms with van der Waals surface area (Å²) in [5.74, 6) is 0.607. The highest BCUT2D eigenvalue weighted by Crippen LogP contribution is 2.38. The van der Waals surface area contributed by atoms with Crippen molar-refractivity contribution in [2.45, 2.75) is 45.4 Å². The van der Waals surface area contributed by atoms with Crippen LogP contribution in [0.15, 0.2) is 34.6 Å². The molecule has 0 heterocycles. The topological polar surface area (TPSA) is 50.8 Å². The van der Waals surface area contributed by atoms with Crippen LogP contribution < -0.4 is 0 Å². The van der Waals surface area contributed by atoms with E-state index in [1.165, 1.54) is 30.5 Å². The van der Waals surface area contributed by atoms with E-state index < -0.39 is 0 Å². The normalized spacial score (nSPS) is 20.6. The molecule has 0 aromatic rings. The molecule has 0 bridgehead atoms. The molecule has 0 unspecified atom stereocenters. The Balaban J connectivity index is 2.24. The second-order valence-corrected chi connectivity index (χ2v) is 5.95. The highest BCUT2D eigenvalue weighted by atomic mass is 15.1. The van der Waals surface area contributed by atoms with Crippen molar-refractivity contribution >= 4 is 0 Å². The Morgan fingerprint density at radius 3 is 2.62 bits per heavy atom. The lowest BCUT2D eigenvalue weighted by molar-refractivity contribution is 0.364. The van der Waals surface area contributed by atoms with Crippen molar-refractivity contribution in [1.29, 1.82) is 10.5 Å². The number of hydrogen-bond donors (Lipinski definition) is 0. The number of nitriles is 2.